The first-order valence-corrected chi connectivity index (χ1v) is 7.76. The zero-order valence-corrected chi connectivity index (χ0v) is 13.4. The Hall–Kier alpha value is -1.96. The van der Waals surface area contributed by atoms with Crippen molar-refractivity contribution in [1.29, 1.82) is 0 Å². The summed E-state index contributed by atoms with van der Waals surface area (Å²) < 4.78 is 2.09. The molecule has 112 valence electrons. The largest absolute Gasteiger partial charge is 0.347 e. The van der Waals surface area contributed by atoms with E-state index in [4.69, 9.17) is 23.2 Å². The van der Waals surface area contributed by atoms with Crippen molar-refractivity contribution < 1.29 is 4.79 Å². The highest BCUT2D eigenvalue weighted by Crippen LogP contribution is 2.22. The van der Waals surface area contributed by atoms with Gasteiger partial charge in [0.05, 0.1) is 22.1 Å². The third-order valence-corrected chi connectivity index (χ3v) is 4.32. The number of tetrazole rings is 1. The fourth-order valence-electron chi connectivity index (χ4n) is 1.87. The van der Waals surface area contributed by atoms with E-state index in [1.807, 2.05) is 6.07 Å². The van der Waals surface area contributed by atoms with Gasteiger partial charge in [-0.3, -0.25) is 4.79 Å². The number of thiophene rings is 1. The van der Waals surface area contributed by atoms with Crippen LogP contribution in [0.2, 0.25) is 9.36 Å². The molecule has 0 unspecified atom stereocenters. The quantitative estimate of drug-likeness (QED) is 0.782. The molecule has 0 radical (unpaired) electrons. The minimum atomic E-state index is -0.266. The molecule has 6 nitrogen and oxygen atoms in total. The number of nitrogens with zero attached hydrogens (tertiary/aromatic N) is 4. The number of benzene rings is 1. The van der Waals surface area contributed by atoms with Crippen molar-refractivity contribution >= 4 is 40.4 Å². The molecular formula is C13H9Cl2N5OS. The monoisotopic (exact) mass is 353 g/mol. The maximum absolute atomic E-state index is 12.4. The van der Waals surface area contributed by atoms with Gasteiger partial charge in [-0.15, -0.1) is 16.4 Å². The molecule has 0 fully saturated rings. The van der Waals surface area contributed by atoms with Crippen molar-refractivity contribution in [3.63, 3.8) is 0 Å². The summed E-state index contributed by atoms with van der Waals surface area (Å²) in [4.78, 5) is 13.4. The van der Waals surface area contributed by atoms with Gasteiger partial charge in [0.2, 0.25) is 0 Å². The number of carbonyl (C=O) groups excluding carboxylic acids is 1. The number of rotatable bonds is 4. The van der Waals surface area contributed by atoms with Gasteiger partial charge >= 0.3 is 0 Å². The van der Waals surface area contributed by atoms with Crippen molar-refractivity contribution in [3.05, 3.63) is 56.5 Å². The van der Waals surface area contributed by atoms with Gasteiger partial charge in [-0.2, -0.15) is 4.68 Å². The summed E-state index contributed by atoms with van der Waals surface area (Å²) in [6, 6.07) is 8.60. The van der Waals surface area contributed by atoms with Crippen molar-refractivity contribution in [2.75, 3.05) is 0 Å². The molecule has 0 bridgehead atoms. The standard InChI is InChI=1S/C13H9Cl2N5OS/c14-8-1-3-11(20-7-17-18-19-20)10(5-8)13(21)16-6-9-2-4-12(15)22-9/h1-5,7H,6H2,(H,16,21). The molecule has 2 heterocycles. The van der Waals surface area contributed by atoms with E-state index in [2.05, 4.69) is 20.8 Å². The molecule has 0 aliphatic carbocycles. The number of aromatic nitrogens is 4. The van der Waals surface area contributed by atoms with Crippen LogP contribution in [-0.2, 0) is 6.54 Å². The lowest BCUT2D eigenvalue weighted by Gasteiger charge is -2.09. The molecule has 1 amide bonds. The molecule has 0 spiro atoms. The van der Waals surface area contributed by atoms with Gasteiger partial charge in [0.25, 0.3) is 5.91 Å². The molecule has 0 saturated carbocycles. The second-order valence-corrected chi connectivity index (χ2v) is 6.54. The molecule has 3 aromatic rings. The first-order valence-electron chi connectivity index (χ1n) is 6.19. The maximum Gasteiger partial charge on any atom is 0.253 e. The number of hydrogen-bond acceptors (Lipinski definition) is 5. The molecule has 2 aromatic heterocycles. The van der Waals surface area contributed by atoms with Crippen LogP contribution in [0.1, 0.15) is 15.2 Å². The van der Waals surface area contributed by atoms with Crippen LogP contribution in [-0.4, -0.2) is 26.1 Å². The topological polar surface area (TPSA) is 72.7 Å². The Morgan fingerprint density at radius 1 is 1.27 bits per heavy atom. The molecule has 1 N–H and O–H groups in total. The third-order valence-electron chi connectivity index (χ3n) is 2.85. The maximum atomic E-state index is 12.4. The minimum Gasteiger partial charge on any atom is -0.347 e. The van der Waals surface area contributed by atoms with Crippen molar-refractivity contribution in [2.24, 2.45) is 0 Å². The zero-order chi connectivity index (χ0) is 15.5. The van der Waals surface area contributed by atoms with Gasteiger partial charge in [0.1, 0.15) is 6.33 Å². The number of amides is 1. The van der Waals surface area contributed by atoms with E-state index in [9.17, 15) is 4.79 Å². The van der Waals surface area contributed by atoms with Gasteiger partial charge in [0.15, 0.2) is 0 Å². The number of hydrogen-bond donors (Lipinski definition) is 1. The first-order chi connectivity index (χ1) is 10.6. The van der Waals surface area contributed by atoms with Crippen LogP contribution in [0.5, 0.6) is 0 Å². The second-order valence-electron chi connectivity index (χ2n) is 4.30. The van der Waals surface area contributed by atoms with Crippen molar-refractivity contribution in [3.8, 4) is 5.69 Å². The fourth-order valence-corrected chi connectivity index (χ4v) is 3.07. The highest BCUT2D eigenvalue weighted by Gasteiger charge is 2.14. The molecule has 0 aliphatic heterocycles. The Morgan fingerprint density at radius 3 is 2.82 bits per heavy atom. The summed E-state index contributed by atoms with van der Waals surface area (Å²) in [7, 11) is 0. The van der Waals surface area contributed by atoms with Crippen molar-refractivity contribution in [2.45, 2.75) is 6.54 Å². The summed E-state index contributed by atoms with van der Waals surface area (Å²) in [5.74, 6) is -0.266. The van der Waals surface area contributed by atoms with Gasteiger partial charge in [0, 0.05) is 9.90 Å². The highest BCUT2D eigenvalue weighted by atomic mass is 35.5. The summed E-state index contributed by atoms with van der Waals surface area (Å²) in [5, 5.41) is 14.2. The number of carbonyl (C=O) groups is 1. The molecule has 3 rings (SSSR count). The molecule has 9 heteroatoms. The van der Waals surface area contributed by atoms with Gasteiger partial charge in [-0.1, -0.05) is 23.2 Å². The molecule has 0 aliphatic rings. The van der Waals surface area contributed by atoms with E-state index in [1.54, 1.807) is 24.3 Å². The van der Waals surface area contributed by atoms with Gasteiger partial charge in [-0.25, -0.2) is 0 Å². The van der Waals surface area contributed by atoms with Crippen LogP contribution in [0.4, 0.5) is 0 Å². The zero-order valence-electron chi connectivity index (χ0n) is 11.0. The smallest absolute Gasteiger partial charge is 0.253 e. The second kappa shape index (κ2) is 6.43. The molecular weight excluding hydrogens is 345 g/mol. The predicted molar refractivity (Wildman–Crippen MR) is 84.7 cm³/mol. The number of nitrogens with one attached hydrogen (secondary N) is 1. The van der Waals surface area contributed by atoms with Crippen molar-refractivity contribution in [1.82, 2.24) is 25.5 Å². The van der Waals surface area contributed by atoms with Gasteiger partial charge < -0.3 is 5.32 Å². The van der Waals surface area contributed by atoms with E-state index >= 15 is 0 Å². The lowest BCUT2D eigenvalue weighted by molar-refractivity contribution is 0.0951. The average Bonchev–Trinajstić information content (AvgIpc) is 3.16. The third kappa shape index (κ3) is 3.27. The fraction of sp³-hybridized carbons (Fsp3) is 0.0769. The Morgan fingerprint density at radius 2 is 2.14 bits per heavy atom. The molecule has 0 atom stereocenters. The first kappa shape index (κ1) is 15.0. The lowest BCUT2D eigenvalue weighted by atomic mass is 10.1. The van der Waals surface area contributed by atoms with Crippen LogP contribution in [0.3, 0.4) is 0 Å². The van der Waals surface area contributed by atoms with Crippen LogP contribution in [0, 0.1) is 0 Å². The Balaban J connectivity index is 1.83. The van der Waals surface area contributed by atoms with E-state index in [1.165, 1.54) is 22.3 Å². The Labute approximate surface area is 139 Å². The predicted octanol–water partition coefficient (Wildman–Crippen LogP) is 2.96. The summed E-state index contributed by atoms with van der Waals surface area (Å²) in [5.41, 5.74) is 0.943. The van der Waals surface area contributed by atoms with Crippen LogP contribution in [0.15, 0.2) is 36.7 Å². The Kier molecular flexibility index (Phi) is 4.37. The minimum absolute atomic E-state index is 0.266. The van der Waals surface area contributed by atoms with Crippen LogP contribution < -0.4 is 5.32 Å². The Bertz CT molecular complexity index is 803. The average molecular weight is 354 g/mol. The summed E-state index contributed by atoms with van der Waals surface area (Å²) in [6.45, 7) is 0.387. The molecule has 0 saturated heterocycles. The number of halogens is 2. The van der Waals surface area contributed by atoms with Gasteiger partial charge in [-0.05, 0) is 40.8 Å². The van der Waals surface area contributed by atoms with Crippen LogP contribution >= 0.6 is 34.5 Å². The summed E-state index contributed by atoms with van der Waals surface area (Å²) in [6.07, 6.45) is 1.42. The van der Waals surface area contributed by atoms with E-state index in [0.29, 0.717) is 27.2 Å². The molecule has 1 aromatic carbocycles. The van der Waals surface area contributed by atoms with E-state index in [-0.39, 0.29) is 5.91 Å². The highest BCUT2D eigenvalue weighted by molar-refractivity contribution is 7.16. The van der Waals surface area contributed by atoms with E-state index < -0.39 is 0 Å². The van der Waals surface area contributed by atoms with E-state index in [0.717, 1.165) is 4.88 Å². The van der Waals surface area contributed by atoms with Crippen LogP contribution in [0.25, 0.3) is 5.69 Å². The lowest BCUT2D eigenvalue weighted by Crippen LogP contribution is -2.24. The normalized spacial score (nSPS) is 10.6. The SMILES string of the molecule is O=C(NCc1ccc(Cl)s1)c1cc(Cl)ccc1-n1cnnn1. The summed E-state index contributed by atoms with van der Waals surface area (Å²) >= 11 is 13.3. The molecule has 22 heavy (non-hydrogen) atoms.